The molecule has 1 amide bonds. The first-order valence-electron chi connectivity index (χ1n) is 9.33. The van der Waals surface area contributed by atoms with Crippen LogP contribution in [0.1, 0.15) is 22.3 Å². The molecule has 0 fully saturated rings. The highest BCUT2D eigenvalue weighted by atomic mass is 16.5. The van der Waals surface area contributed by atoms with Crippen molar-refractivity contribution in [1.29, 1.82) is 0 Å². The van der Waals surface area contributed by atoms with Crippen molar-refractivity contribution < 1.29 is 9.53 Å². The normalized spacial score (nSPS) is 11.3. The maximum absolute atomic E-state index is 12.7. The summed E-state index contributed by atoms with van der Waals surface area (Å²) >= 11 is 0. The van der Waals surface area contributed by atoms with Gasteiger partial charge in [0.15, 0.2) is 5.65 Å². The number of methoxy groups -OCH3 is 1. The van der Waals surface area contributed by atoms with E-state index in [1.165, 1.54) is 7.11 Å². The van der Waals surface area contributed by atoms with Crippen LogP contribution in [-0.2, 0) is 22.6 Å². The number of carbonyl (C=O) groups excluding carboxylic acids is 1. The Bertz CT molecular complexity index is 1170. The maximum Gasteiger partial charge on any atom is 0.249 e. The molecule has 0 aliphatic rings. The van der Waals surface area contributed by atoms with Crippen molar-refractivity contribution >= 4 is 22.5 Å². The maximum atomic E-state index is 12.7. The fourth-order valence-electron chi connectivity index (χ4n) is 3.66. The molecule has 4 aromatic rings. The number of hydrogen-bond donors (Lipinski definition) is 0. The third-order valence-corrected chi connectivity index (χ3v) is 4.85. The molecular formula is C21H22N6O2. The van der Waals surface area contributed by atoms with Crippen LogP contribution in [0.2, 0.25) is 0 Å². The molecule has 0 spiro atoms. The number of amides is 1. The van der Waals surface area contributed by atoms with Gasteiger partial charge in [-0.1, -0.05) is 17.7 Å². The number of ether oxygens (including phenoxy) is 1. The molecule has 0 saturated carbocycles. The molecule has 8 nitrogen and oxygen atoms in total. The molecule has 8 heteroatoms. The molecule has 0 aliphatic heterocycles. The van der Waals surface area contributed by atoms with E-state index >= 15 is 0 Å². The molecule has 148 valence electrons. The van der Waals surface area contributed by atoms with E-state index < -0.39 is 0 Å². The molecule has 3 aromatic heterocycles. The molecule has 0 aliphatic carbocycles. The molecule has 0 atom stereocenters. The van der Waals surface area contributed by atoms with Gasteiger partial charge < -0.3 is 9.64 Å². The highest BCUT2D eigenvalue weighted by Crippen LogP contribution is 2.25. The average Bonchev–Trinajstić information content (AvgIpc) is 3.18. The second-order valence-electron chi connectivity index (χ2n) is 7.15. The minimum absolute atomic E-state index is 0.00723. The number of carbonyl (C=O) groups is 1. The first-order chi connectivity index (χ1) is 14.1. The summed E-state index contributed by atoms with van der Waals surface area (Å²) < 4.78 is 6.83. The molecule has 0 saturated heterocycles. The third kappa shape index (κ3) is 3.79. The Labute approximate surface area is 168 Å². The molecule has 3 heterocycles. The van der Waals surface area contributed by atoms with Gasteiger partial charge in [0.25, 0.3) is 0 Å². The summed E-state index contributed by atoms with van der Waals surface area (Å²) in [5.41, 5.74) is 5.70. The lowest BCUT2D eigenvalue weighted by Crippen LogP contribution is -2.33. The van der Waals surface area contributed by atoms with Gasteiger partial charge in [-0.2, -0.15) is 4.52 Å². The Kier molecular flexibility index (Phi) is 5.18. The number of aromatic nitrogens is 5. The summed E-state index contributed by atoms with van der Waals surface area (Å²) in [6.45, 7) is 4.91. The zero-order valence-electron chi connectivity index (χ0n) is 16.7. The predicted octanol–water partition coefficient (Wildman–Crippen LogP) is 2.46. The van der Waals surface area contributed by atoms with E-state index in [2.05, 4.69) is 45.6 Å². The van der Waals surface area contributed by atoms with Gasteiger partial charge in [0.2, 0.25) is 5.91 Å². The van der Waals surface area contributed by atoms with Crippen LogP contribution in [0, 0.1) is 13.8 Å². The Morgan fingerprint density at radius 2 is 2.07 bits per heavy atom. The van der Waals surface area contributed by atoms with E-state index in [4.69, 9.17) is 4.74 Å². The van der Waals surface area contributed by atoms with Crippen LogP contribution < -0.4 is 0 Å². The summed E-state index contributed by atoms with van der Waals surface area (Å²) in [7, 11) is 1.52. The molecule has 1 aromatic carbocycles. The van der Waals surface area contributed by atoms with Crippen molar-refractivity contribution in [2.75, 3.05) is 13.7 Å². The van der Waals surface area contributed by atoms with Gasteiger partial charge in [-0.3, -0.25) is 9.78 Å². The number of rotatable bonds is 6. The van der Waals surface area contributed by atoms with Gasteiger partial charge in [0, 0.05) is 43.5 Å². The van der Waals surface area contributed by atoms with Crippen molar-refractivity contribution in [3.63, 3.8) is 0 Å². The van der Waals surface area contributed by atoms with Crippen molar-refractivity contribution in [2.45, 2.75) is 26.9 Å². The third-order valence-electron chi connectivity index (χ3n) is 4.85. The van der Waals surface area contributed by atoms with E-state index in [-0.39, 0.29) is 12.5 Å². The second-order valence-corrected chi connectivity index (χ2v) is 7.15. The lowest BCUT2D eigenvalue weighted by Gasteiger charge is -2.23. The van der Waals surface area contributed by atoms with Crippen molar-refractivity contribution in [3.05, 3.63) is 65.0 Å². The van der Waals surface area contributed by atoms with Crippen LogP contribution in [0.15, 0.2) is 42.7 Å². The van der Waals surface area contributed by atoms with Gasteiger partial charge in [-0.05, 0) is 53.6 Å². The van der Waals surface area contributed by atoms with E-state index in [1.54, 1.807) is 21.8 Å². The number of benzene rings is 1. The molecular weight excluding hydrogens is 368 g/mol. The standard InChI is InChI=1S/C21H22N6O2/c1-14-7-15(2)20-17(8-14)9-18(21-23-24-25-27(20)21)12-26(19(28)13-29-3)11-16-5-4-6-22-10-16/h4-10H,11-13H2,1-3H3. The number of hydrogen-bond acceptors (Lipinski definition) is 6. The van der Waals surface area contributed by atoms with E-state index in [1.807, 2.05) is 19.1 Å². The largest absolute Gasteiger partial charge is 0.375 e. The highest BCUT2D eigenvalue weighted by Gasteiger charge is 2.19. The molecule has 0 bridgehead atoms. The van der Waals surface area contributed by atoms with Gasteiger partial charge in [-0.25, -0.2) is 0 Å². The van der Waals surface area contributed by atoms with Crippen LogP contribution >= 0.6 is 0 Å². The fraction of sp³-hybridized carbons (Fsp3) is 0.286. The Morgan fingerprint density at radius 3 is 2.83 bits per heavy atom. The van der Waals surface area contributed by atoms with Crippen LogP contribution in [0.25, 0.3) is 16.6 Å². The summed E-state index contributed by atoms with van der Waals surface area (Å²) in [5.74, 6) is -0.109. The van der Waals surface area contributed by atoms with Crippen LogP contribution in [0.5, 0.6) is 0 Å². The van der Waals surface area contributed by atoms with Crippen molar-refractivity contribution in [2.24, 2.45) is 0 Å². The summed E-state index contributed by atoms with van der Waals surface area (Å²) in [5, 5.41) is 13.3. The summed E-state index contributed by atoms with van der Waals surface area (Å²) in [4.78, 5) is 18.6. The zero-order chi connectivity index (χ0) is 20.4. The van der Waals surface area contributed by atoms with E-state index in [0.29, 0.717) is 18.7 Å². The number of fused-ring (bicyclic) bond motifs is 3. The van der Waals surface area contributed by atoms with Gasteiger partial charge >= 0.3 is 0 Å². The molecule has 0 unspecified atom stereocenters. The van der Waals surface area contributed by atoms with E-state index in [0.717, 1.165) is 33.2 Å². The first-order valence-corrected chi connectivity index (χ1v) is 9.33. The van der Waals surface area contributed by atoms with Crippen LogP contribution in [0.4, 0.5) is 0 Å². The first kappa shape index (κ1) is 18.9. The van der Waals surface area contributed by atoms with Gasteiger partial charge in [-0.15, -0.1) is 5.10 Å². The highest BCUT2D eigenvalue weighted by molar-refractivity contribution is 5.86. The molecule has 0 N–H and O–H groups in total. The van der Waals surface area contributed by atoms with Crippen LogP contribution in [-0.4, -0.2) is 49.5 Å². The SMILES string of the molecule is COCC(=O)N(Cc1cccnc1)Cc1cc2cc(C)cc(C)c2n2nnnc12. The van der Waals surface area contributed by atoms with Crippen molar-refractivity contribution in [3.8, 4) is 0 Å². The molecule has 29 heavy (non-hydrogen) atoms. The second kappa shape index (κ2) is 7.92. The number of pyridine rings is 2. The number of tetrazole rings is 1. The molecule has 4 rings (SSSR count). The average molecular weight is 390 g/mol. The Balaban J connectivity index is 1.78. The zero-order valence-corrected chi connectivity index (χ0v) is 16.7. The van der Waals surface area contributed by atoms with Crippen molar-refractivity contribution in [1.82, 2.24) is 29.9 Å². The number of aryl methyl sites for hydroxylation is 2. The van der Waals surface area contributed by atoms with E-state index in [9.17, 15) is 4.79 Å². The van der Waals surface area contributed by atoms with Gasteiger partial charge in [0.1, 0.15) is 6.61 Å². The number of nitrogens with zero attached hydrogens (tertiary/aromatic N) is 6. The monoisotopic (exact) mass is 390 g/mol. The minimum Gasteiger partial charge on any atom is -0.375 e. The fourth-order valence-corrected chi connectivity index (χ4v) is 3.66. The lowest BCUT2D eigenvalue weighted by molar-refractivity contribution is -0.136. The molecule has 0 radical (unpaired) electrons. The Morgan fingerprint density at radius 1 is 1.21 bits per heavy atom. The summed E-state index contributed by atoms with van der Waals surface area (Å²) in [6, 6.07) is 10.1. The predicted molar refractivity (Wildman–Crippen MR) is 108 cm³/mol. The summed E-state index contributed by atoms with van der Waals surface area (Å²) in [6.07, 6.45) is 3.47. The van der Waals surface area contributed by atoms with Crippen LogP contribution in [0.3, 0.4) is 0 Å². The minimum atomic E-state index is -0.109. The Hall–Kier alpha value is -3.39. The topological polar surface area (TPSA) is 85.5 Å². The van der Waals surface area contributed by atoms with Gasteiger partial charge in [0.05, 0.1) is 5.52 Å². The smallest absolute Gasteiger partial charge is 0.249 e. The quantitative estimate of drug-likeness (QED) is 0.503. The lowest BCUT2D eigenvalue weighted by atomic mass is 10.0.